The molecule has 2 rings (SSSR count). The Labute approximate surface area is 104 Å². The minimum absolute atomic E-state index is 0.0956. The second-order valence-corrected chi connectivity index (χ2v) is 5.56. The van der Waals surface area contributed by atoms with Gasteiger partial charge in [-0.25, -0.2) is 0 Å². The maximum Gasteiger partial charge on any atom is 0.0591 e. The maximum absolute atomic E-state index is 5.74. The van der Waals surface area contributed by atoms with Gasteiger partial charge < -0.3 is 10.1 Å². The average Bonchev–Trinajstić information content (AvgIpc) is 2.41. The van der Waals surface area contributed by atoms with Crippen LogP contribution in [0.5, 0.6) is 0 Å². The van der Waals surface area contributed by atoms with Crippen molar-refractivity contribution in [1.82, 2.24) is 5.32 Å². The first-order valence-corrected chi connectivity index (χ1v) is 6.40. The Morgan fingerprint density at radius 3 is 2.47 bits per heavy atom. The van der Waals surface area contributed by atoms with Crippen LogP contribution in [0.25, 0.3) is 0 Å². The normalized spacial score (nSPS) is 25.6. The molecule has 1 aliphatic rings. The Morgan fingerprint density at radius 1 is 1.18 bits per heavy atom. The summed E-state index contributed by atoms with van der Waals surface area (Å²) in [6.07, 6.45) is 0. The van der Waals surface area contributed by atoms with Crippen molar-refractivity contribution in [3.05, 3.63) is 34.4 Å². The van der Waals surface area contributed by atoms with Crippen molar-refractivity contribution in [1.29, 1.82) is 0 Å². The van der Waals surface area contributed by atoms with Crippen LogP contribution < -0.4 is 5.32 Å². The predicted molar refractivity (Wildman–Crippen MR) is 71.7 cm³/mol. The summed E-state index contributed by atoms with van der Waals surface area (Å²) in [5, 5.41) is 3.48. The molecule has 1 heterocycles. The van der Waals surface area contributed by atoms with E-state index in [0.29, 0.717) is 0 Å². The zero-order valence-corrected chi connectivity index (χ0v) is 11.4. The molecule has 1 N–H and O–H groups in total. The van der Waals surface area contributed by atoms with Crippen LogP contribution >= 0.6 is 0 Å². The predicted octanol–water partition coefficient (Wildman–Crippen LogP) is 2.49. The molecule has 1 saturated heterocycles. The van der Waals surface area contributed by atoms with Gasteiger partial charge in [0.1, 0.15) is 0 Å². The highest BCUT2D eigenvalue weighted by atomic mass is 16.5. The summed E-state index contributed by atoms with van der Waals surface area (Å²) >= 11 is 0. The third-order valence-corrected chi connectivity index (χ3v) is 3.64. The SMILES string of the molecule is Cc1cc(C)c(C2(C)CNCCOC2)c(C)c1. The standard InChI is InChI=1S/C15H23NO/c1-11-7-12(2)14(13(3)8-11)15(4)9-16-5-6-17-10-15/h7-8,16H,5-6,9-10H2,1-4H3. The molecular formula is C15H23NO. The van der Waals surface area contributed by atoms with E-state index in [4.69, 9.17) is 4.74 Å². The Hall–Kier alpha value is -0.860. The van der Waals surface area contributed by atoms with Gasteiger partial charge in [0.2, 0.25) is 0 Å². The third-order valence-electron chi connectivity index (χ3n) is 3.64. The number of rotatable bonds is 1. The van der Waals surface area contributed by atoms with Gasteiger partial charge >= 0.3 is 0 Å². The Balaban J connectivity index is 2.44. The second-order valence-electron chi connectivity index (χ2n) is 5.56. The van der Waals surface area contributed by atoms with Crippen molar-refractivity contribution >= 4 is 0 Å². The van der Waals surface area contributed by atoms with Gasteiger partial charge in [-0.1, -0.05) is 24.6 Å². The molecule has 1 unspecified atom stereocenters. The molecular weight excluding hydrogens is 210 g/mol. The fourth-order valence-electron chi connectivity index (χ4n) is 3.15. The van der Waals surface area contributed by atoms with Crippen molar-refractivity contribution in [2.75, 3.05) is 26.3 Å². The van der Waals surface area contributed by atoms with Crippen LogP contribution in [0.2, 0.25) is 0 Å². The van der Waals surface area contributed by atoms with E-state index in [-0.39, 0.29) is 5.41 Å². The van der Waals surface area contributed by atoms with E-state index in [1.165, 1.54) is 22.3 Å². The lowest BCUT2D eigenvalue weighted by atomic mass is 9.77. The van der Waals surface area contributed by atoms with Gasteiger partial charge in [0.15, 0.2) is 0 Å². The minimum Gasteiger partial charge on any atom is -0.379 e. The summed E-state index contributed by atoms with van der Waals surface area (Å²) in [5.41, 5.74) is 5.67. The van der Waals surface area contributed by atoms with E-state index in [9.17, 15) is 0 Å². The fraction of sp³-hybridized carbons (Fsp3) is 0.600. The van der Waals surface area contributed by atoms with Gasteiger partial charge in [0, 0.05) is 18.5 Å². The average molecular weight is 233 g/mol. The summed E-state index contributed by atoms with van der Waals surface area (Å²) < 4.78 is 5.74. The van der Waals surface area contributed by atoms with Gasteiger partial charge in [-0.15, -0.1) is 0 Å². The molecule has 1 aromatic carbocycles. The lowest BCUT2D eigenvalue weighted by Gasteiger charge is -2.31. The number of ether oxygens (including phenoxy) is 1. The molecule has 0 spiro atoms. The molecule has 94 valence electrons. The van der Waals surface area contributed by atoms with Crippen LogP contribution in [0.1, 0.15) is 29.2 Å². The van der Waals surface area contributed by atoms with Crippen LogP contribution in [0.15, 0.2) is 12.1 Å². The lowest BCUT2D eigenvalue weighted by molar-refractivity contribution is 0.113. The van der Waals surface area contributed by atoms with E-state index in [1.807, 2.05) is 0 Å². The lowest BCUT2D eigenvalue weighted by Crippen LogP contribution is -2.38. The minimum atomic E-state index is 0.0956. The van der Waals surface area contributed by atoms with Gasteiger partial charge in [-0.2, -0.15) is 0 Å². The number of benzene rings is 1. The number of nitrogens with one attached hydrogen (secondary N) is 1. The van der Waals surface area contributed by atoms with Crippen molar-refractivity contribution in [3.8, 4) is 0 Å². The van der Waals surface area contributed by atoms with Crippen LogP contribution in [-0.4, -0.2) is 26.3 Å². The highest BCUT2D eigenvalue weighted by molar-refractivity contribution is 5.43. The molecule has 0 aromatic heterocycles. The van der Waals surface area contributed by atoms with Gasteiger partial charge in [0.25, 0.3) is 0 Å². The monoisotopic (exact) mass is 233 g/mol. The smallest absolute Gasteiger partial charge is 0.0591 e. The number of aryl methyl sites for hydroxylation is 3. The van der Waals surface area contributed by atoms with Crippen molar-refractivity contribution in [2.45, 2.75) is 33.1 Å². The molecule has 0 aliphatic carbocycles. The molecule has 0 saturated carbocycles. The summed E-state index contributed by atoms with van der Waals surface area (Å²) in [4.78, 5) is 0. The highest BCUT2D eigenvalue weighted by Crippen LogP contribution is 2.31. The van der Waals surface area contributed by atoms with E-state index >= 15 is 0 Å². The summed E-state index contributed by atoms with van der Waals surface area (Å²) in [6, 6.07) is 4.55. The summed E-state index contributed by atoms with van der Waals surface area (Å²) in [6.45, 7) is 12.5. The Morgan fingerprint density at radius 2 is 1.82 bits per heavy atom. The molecule has 0 amide bonds. The first-order valence-electron chi connectivity index (χ1n) is 6.40. The molecule has 2 heteroatoms. The molecule has 0 radical (unpaired) electrons. The van der Waals surface area contributed by atoms with Gasteiger partial charge in [-0.3, -0.25) is 0 Å². The van der Waals surface area contributed by atoms with Crippen molar-refractivity contribution < 1.29 is 4.74 Å². The van der Waals surface area contributed by atoms with Crippen LogP contribution in [0.3, 0.4) is 0 Å². The van der Waals surface area contributed by atoms with E-state index in [0.717, 1.165) is 26.3 Å². The first-order chi connectivity index (χ1) is 8.03. The zero-order chi connectivity index (χ0) is 12.5. The van der Waals surface area contributed by atoms with Crippen LogP contribution in [-0.2, 0) is 10.2 Å². The molecule has 1 atom stereocenters. The van der Waals surface area contributed by atoms with Crippen molar-refractivity contribution in [3.63, 3.8) is 0 Å². The van der Waals surface area contributed by atoms with Crippen LogP contribution in [0, 0.1) is 20.8 Å². The van der Waals surface area contributed by atoms with E-state index in [2.05, 4.69) is 45.1 Å². The zero-order valence-electron chi connectivity index (χ0n) is 11.4. The highest BCUT2D eigenvalue weighted by Gasteiger charge is 2.31. The molecule has 1 aliphatic heterocycles. The Kier molecular flexibility index (Phi) is 3.55. The molecule has 1 aromatic rings. The first kappa shape index (κ1) is 12.6. The fourth-order valence-corrected chi connectivity index (χ4v) is 3.15. The summed E-state index contributed by atoms with van der Waals surface area (Å²) in [5.74, 6) is 0. The number of hydrogen-bond acceptors (Lipinski definition) is 2. The van der Waals surface area contributed by atoms with Gasteiger partial charge in [-0.05, 0) is 37.5 Å². The molecule has 1 fully saturated rings. The molecule has 17 heavy (non-hydrogen) atoms. The molecule has 0 bridgehead atoms. The maximum atomic E-state index is 5.74. The molecule has 2 nitrogen and oxygen atoms in total. The van der Waals surface area contributed by atoms with E-state index < -0.39 is 0 Å². The van der Waals surface area contributed by atoms with E-state index in [1.54, 1.807) is 0 Å². The topological polar surface area (TPSA) is 21.3 Å². The second kappa shape index (κ2) is 4.79. The van der Waals surface area contributed by atoms with Crippen LogP contribution in [0.4, 0.5) is 0 Å². The summed E-state index contributed by atoms with van der Waals surface area (Å²) in [7, 11) is 0. The third kappa shape index (κ3) is 2.53. The quantitative estimate of drug-likeness (QED) is 0.804. The number of hydrogen-bond donors (Lipinski definition) is 1. The van der Waals surface area contributed by atoms with Crippen molar-refractivity contribution in [2.24, 2.45) is 0 Å². The largest absolute Gasteiger partial charge is 0.379 e. The Bertz CT molecular complexity index is 380. The van der Waals surface area contributed by atoms with Gasteiger partial charge in [0.05, 0.1) is 13.2 Å².